The van der Waals surface area contributed by atoms with E-state index in [-0.39, 0.29) is 5.92 Å². The Morgan fingerprint density at radius 3 is 2.50 bits per heavy atom. The molecule has 0 saturated heterocycles. The summed E-state index contributed by atoms with van der Waals surface area (Å²) in [4.78, 5) is 0.796. The van der Waals surface area contributed by atoms with Crippen LogP contribution in [0.5, 0.6) is 0 Å². The highest BCUT2D eigenvalue weighted by Gasteiger charge is 2.20. The Kier molecular flexibility index (Phi) is 3.37. The molecule has 0 radical (unpaired) electrons. The Balaban J connectivity index is 2.11. The smallest absolute Gasteiger partial charge is 0.235 e. The first kappa shape index (κ1) is 13.7. The molecule has 0 bridgehead atoms. The second-order valence-electron chi connectivity index (χ2n) is 5.27. The fourth-order valence-electron chi connectivity index (χ4n) is 1.95. The van der Waals surface area contributed by atoms with Gasteiger partial charge in [-0.05, 0) is 21.8 Å². The molecule has 0 aliphatic heterocycles. The van der Waals surface area contributed by atoms with Gasteiger partial charge in [0.15, 0.2) is 10.8 Å². The molecule has 0 aromatic carbocycles. The number of aromatic amines is 1. The van der Waals surface area contributed by atoms with E-state index in [9.17, 15) is 0 Å². The van der Waals surface area contributed by atoms with E-state index in [0.717, 1.165) is 31.7 Å². The quantitative estimate of drug-likeness (QED) is 0.779. The molecule has 6 nitrogen and oxygen atoms in total. The molecular weight excluding hydrogens is 340 g/mol. The first-order chi connectivity index (χ1) is 9.49. The first-order valence-corrected chi connectivity index (χ1v) is 8.06. The van der Waals surface area contributed by atoms with Crippen LogP contribution in [0.1, 0.15) is 51.0 Å². The molecule has 20 heavy (non-hydrogen) atoms. The molecule has 0 atom stereocenters. The van der Waals surface area contributed by atoms with Crippen LogP contribution in [-0.4, -0.2) is 30.0 Å². The molecule has 0 amide bonds. The maximum absolute atomic E-state index is 4.60. The Morgan fingerprint density at radius 2 is 1.90 bits per heavy atom. The highest BCUT2D eigenvalue weighted by Crippen LogP contribution is 2.34. The van der Waals surface area contributed by atoms with Crippen LogP contribution in [0.3, 0.4) is 0 Å². The molecule has 1 N–H and O–H groups in total. The SMILES string of the molecule is CC(C)c1[nH]nc(-c2nn3c(C(C)C)nnc3s2)c1Br. The third kappa shape index (κ3) is 2.07. The third-order valence-electron chi connectivity index (χ3n) is 3.04. The number of fused-ring (bicyclic) bond motifs is 1. The third-order valence-corrected chi connectivity index (χ3v) is 4.75. The molecule has 0 unspecified atom stereocenters. The van der Waals surface area contributed by atoms with E-state index >= 15 is 0 Å². The predicted octanol–water partition coefficient (Wildman–Crippen LogP) is 3.59. The van der Waals surface area contributed by atoms with Gasteiger partial charge in [-0.25, -0.2) is 0 Å². The molecule has 0 aliphatic rings. The van der Waals surface area contributed by atoms with E-state index in [2.05, 4.69) is 69.1 Å². The van der Waals surface area contributed by atoms with Crippen molar-refractivity contribution in [1.29, 1.82) is 0 Å². The van der Waals surface area contributed by atoms with Gasteiger partial charge in [-0.3, -0.25) is 5.10 Å². The standard InChI is InChI=1S/C12H15BrN6S/c1-5(2)8-7(13)9(15-14-8)11-18-19-10(6(3)4)16-17-12(19)20-11/h5-6H,1-4H3,(H,14,15). The zero-order chi connectivity index (χ0) is 14.4. The van der Waals surface area contributed by atoms with Crippen LogP contribution in [0.4, 0.5) is 0 Å². The molecule has 3 aromatic heterocycles. The van der Waals surface area contributed by atoms with Crippen molar-refractivity contribution in [2.75, 3.05) is 0 Å². The summed E-state index contributed by atoms with van der Waals surface area (Å²) in [5, 5.41) is 21.2. The summed E-state index contributed by atoms with van der Waals surface area (Å²) in [6.45, 7) is 8.41. The number of hydrogen-bond donors (Lipinski definition) is 1. The van der Waals surface area contributed by atoms with Crippen LogP contribution in [-0.2, 0) is 0 Å². The minimum absolute atomic E-state index is 0.286. The Labute approximate surface area is 128 Å². The molecule has 106 valence electrons. The van der Waals surface area contributed by atoms with Crippen molar-refractivity contribution in [2.45, 2.75) is 39.5 Å². The Morgan fingerprint density at radius 1 is 1.15 bits per heavy atom. The zero-order valence-corrected chi connectivity index (χ0v) is 14.1. The summed E-state index contributed by atoms with van der Waals surface area (Å²) in [6, 6.07) is 0. The maximum Gasteiger partial charge on any atom is 0.235 e. The fraction of sp³-hybridized carbons (Fsp3) is 0.500. The summed E-state index contributed by atoms with van der Waals surface area (Å²) < 4.78 is 2.78. The van der Waals surface area contributed by atoms with E-state index in [1.807, 2.05) is 0 Å². The number of rotatable bonds is 3. The van der Waals surface area contributed by atoms with Crippen molar-refractivity contribution >= 4 is 32.2 Å². The van der Waals surface area contributed by atoms with Gasteiger partial charge >= 0.3 is 0 Å². The summed E-state index contributed by atoms with van der Waals surface area (Å²) in [7, 11) is 0. The van der Waals surface area contributed by atoms with Crippen LogP contribution < -0.4 is 0 Å². The van der Waals surface area contributed by atoms with Crippen molar-refractivity contribution < 1.29 is 0 Å². The number of nitrogens with one attached hydrogen (secondary N) is 1. The average Bonchev–Trinajstić information content (AvgIpc) is 2.99. The first-order valence-electron chi connectivity index (χ1n) is 6.45. The lowest BCUT2D eigenvalue weighted by Gasteiger charge is -2.00. The van der Waals surface area contributed by atoms with Crippen molar-refractivity contribution in [3.63, 3.8) is 0 Å². The van der Waals surface area contributed by atoms with Crippen LogP contribution in [0.2, 0.25) is 0 Å². The van der Waals surface area contributed by atoms with Gasteiger partial charge in [-0.2, -0.15) is 14.7 Å². The van der Waals surface area contributed by atoms with Gasteiger partial charge < -0.3 is 0 Å². The lowest BCUT2D eigenvalue weighted by atomic mass is 10.1. The largest absolute Gasteiger partial charge is 0.280 e. The van der Waals surface area contributed by atoms with Gasteiger partial charge in [0.2, 0.25) is 4.96 Å². The monoisotopic (exact) mass is 354 g/mol. The summed E-state index contributed by atoms with van der Waals surface area (Å²) >= 11 is 5.10. The maximum atomic E-state index is 4.60. The predicted molar refractivity (Wildman–Crippen MR) is 82.1 cm³/mol. The van der Waals surface area contributed by atoms with Gasteiger partial charge in [0.05, 0.1) is 10.2 Å². The molecule has 0 spiro atoms. The molecule has 0 aliphatic carbocycles. The summed E-state index contributed by atoms with van der Waals surface area (Å²) in [6.07, 6.45) is 0. The number of halogens is 1. The van der Waals surface area contributed by atoms with Crippen molar-refractivity contribution in [3.05, 3.63) is 16.0 Å². The van der Waals surface area contributed by atoms with E-state index in [1.165, 1.54) is 11.3 Å². The number of hydrogen-bond acceptors (Lipinski definition) is 5. The lowest BCUT2D eigenvalue weighted by molar-refractivity contribution is 0.726. The van der Waals surface area contributed by atoms with Crippen LogP contribution in [0, 0.1) is 0 Å². The molecule has 3 rings (SSSR count). The minimum atomic E-state index is 0.286. The highest BCUT2D eigenvalue weighted by molar-refractivity contribution is 9.10. The van der Waals surface area contributed by atoms with Crippen LogP contribution in [0.15, 0.2) is 4.47 Å². The molecular formula is C12H15BrN6S. The van der Waals surface area contributed by atoms with Gasteiger partial charge in [0.1, 0.15) is 5.69 Å². The summed E-state index contributed by atoms with van der Waals surface area (Å²) in [5.74, 6) is 1.54. The molecule has 0 saturated carbocycles. The van der Waals surface area contributed by atoms with Crippen molar-refractivity contribution in [2.24, 2.45) is 0 Å². The normalized spacial score (nSPS) is 12.2. The van der Waals surface area contributed by atoms with Crippen LogP contribution in [0.25, 0.3) is 15.7 Å². The van der Waals surface area contributed by atoms with Gasteiger partial charge in [0.25, 0.3) is 0 Å². The number of H-pyrrole nitrogens is 1. The van der Waals surface area contributed by atoms with Gasteiger partial charge in [-0.15, -0.1) is 10.2 Å². The van der Waals surface area contributed by atoms with Crippen molar-refractivity contribution in [1.82, 2.24) is 30.0 Å². The molecule has 8 heteroatoms. The molecule has 0 fully saturated rings. The Hall–Kier alpha value is -1.28. The van der Waals surface area contributed by atoms with E-state index in [4.69, 9.17) is 0 Å². The molecule has 3 heterocycles. The van der Waals surface area contributed by atoms with Gasteiger partial charge in [-0.1, -0.05) is 39.0 Å². The van der Waals surface area contributed by atoms with E-state index < -0.39 is 0 Å². The average molecular weight is 355 g/mol. The van der Waals surface area contributed by atoms with E-state index in [0.29, 0.717) is 5.92 Å². The van der Waals surface area contributed by atoms with Gasteiger partial charge in [0, 0.05) is 5.92 Å². The second-order valence-corrected chi connectivity index (χ2v) is 7.02. The zero-order valence-electron chi connectivity index (χ0n) is 11.7. The minimum Gasteiger partial charge on any atom is -0.280 e. The molecule has 3 aromatic rings. The number of nitrogens with zero attached hydrogens (tertiary/aromatic N) is 5. The van der Waals surface area contributed by atoms with E-state index in [1.54, 1.807) is 4.52 Å². The topological polar surface area (TPSA) is 71.8 Å². The second kappa shape index (κ2) is 4.92. The van der Waals surface area contributed by atoms with Crippen LogP contribution >= 0.6 is 27.3 Å². The highest BCUT2D eigenvalue weighted by atomic mass is 79.9. The lowest BCUT2D eigenvalue weighted by Crippen LogP contribution is -1.98. The summed E-state index contributed by atoms with van der Waals surface area (Å²) in [5.41, 5.74) is 1.91. The number of aromatic nitrogens is 6. The Bertz CT molecular complexity index is 753. The van der Waals surface area contributed by atoms with Crippen molar-refractivity contribution in [3.8, 4) is 10.7 Å². The fourth-order valence-corrected chi connectivity index (χ4v) is 3.75.